The molecule has 0 saturated heterocycles. The van der Waals surface area contributed by atoms with Crippen LogP contribution in [0.2, 0.25) is 0 Å². The number of methoxy groups -OCH3 is 1. The van der Waals surface area contributed by atoms with E-state index in [1.54, 1.807) is 13.2 Å². The molecule has 0 atom stereocenters. The standard InChI is InChI=1S/C15H18BrFN2OS/c1-9(2)18-7-13-12(8-20-3)19-15(21-13)14-10(16)5-4-6-11(14)17/h4-6,9,18H,7-8H2,1-3H3. The van der Waals surface area contributed by atoms with Gasteiger partial charge in [0.05, 0.1) is 17.9 Å². The number of hydrogen-bond acceptors (Lipinski definition) is 4. The Hall–Kier alpha value is -0.820. The van der Waals surface area contributed by atoms with Crippen molar-refractivity contribution in [1.82, 2.24) is 10.3 Å². The molecule has 0 amide bonds. The van der Waals surface area contributed by atoms with Crippen LogP contribution < -0.4 is 5.32 Å². The van der Waals surface area contributed by atoms with E-state index in [4.69, 9.17) is 4.74 Å². The van der Waals surface area contributed by atoms with E-state index in [9.17, 15) is 4.39 Å². The molecule has 2 rings (SSSR count). The van der Waals surface area contributed by atoms with Crippen molar-refractivity contribution in [3.63, 3.8) is 0 Å². The van der Waals surface area contributed by atoms with Crippen LogP contribution in [0, 0.1) is 5.82 Å². The number of benzene rings is 1. The second-order valence-electron chi connectivity index (χ2n) is 4.95. The fraction of sp³-hybridized carbons (Fsp3) is 0.400. The fourth-order valence-corrected chi connectivity index (χ4v) is 3.61. The molecule has 0 radical (unpaired) electrons. The van der Waals surface area contributed by atoms with E-state index in [1.165, 1.54) is 17.4 Å². The van der Waals surface area contributed by atoms with Gasteiger partial charge in [-0.25, -0.2) is 9.37 Å². The maximum absolute atomic E-state index is 14.1. The number of ether oxygens (including phenoxy) is 1. The summed E-state index contributed by atoms with van der Waals surface area (Å²) in [5.41, 5.74) is 1.37. The first kappa shape index (κ1) is 16.5. The zero-order valence-corrected chi connectivity index (χ0v) is 14.6. The number of nitrogens with zero attached hydrogens (tertiary/aromatic N) is 1. The molecule has 1 heterocycles. The Kier molecular flexibility index (Phi) is 5.87. The second kappa shape index (κ2) is 7.45. The Labute approximate surface area is 136 Å². The Morgan fingerprint density at radius 1 is 1.43 bits per heavy atom. The molecule has 0 fully saturated rings. The number of thiazole rings is 1. The maximum atomic E-state index is 14.1. The third-order valence-corrected chi connectivity index (χ3v) is 4.68. The van der Waals surface area contributed by atoms with E-state index in [1.807, 2.05) is 6.07 Å². The smallest absolute Gasteiger partial charge is 0.134 e. The zero-order chi connectivity index (χ0) is 15.4. The van der Waals surface area contributed by atoms with E-state index >= 15 is 0 Å². The molecule has 0 aliphatic carbocycles. The van der Waals surface area contributed by atoms with Crippen LogP contribution in [0.25, 0.3) is 10.6 Å². The van der Waals surface area contributed by atoms with Crippen LogP contribution in [0.4, 0.5) is 4.39 Å². The van der Waals surface area contributed by atoms with Gasteiger partial charge in [0.1, 0.15) is 10.8 Å². The minimum absolute atomic E-state index is 0.273. The SMILES string of the molecule is COCc1nc(-c2c(F)cccc2Br)sc1CNC(C)C. The Bertz CT molecular complexity index is 595. The van der Waals surface area contributed by atoms with Gasteiger partial charge in [-0.1, -0.05) is 19.9 Å². The lowest BCUT2D eigenvalue weighted by atomic mass is 10.2. The third kappa shape index (κ3) is 4.10. The number of aromatic nitrogens is 1. The van der Waals surface area contributed by atoms with Crippen LogP contribution in [0.3, 0.4) is 0 Å². The summed E-state index contributed by atoms with van der Waals surface area (Å²) < 4.78 is 20.0. The molecular formula is C15H18BrFN2OS. The van der Waals surface area contributed by atoms with Crippen molar-refractivity contribution in [3.8, 4) is 10.6 Å². The number of nitrogens with one attached hydrogen (secondary N) is 1. The molecule has 1 aromatic heterocycles. The van der Waals surface area contributed by atoms with E-state index in [-0.39, 0.29) is 5.82 Å². The molecule has 114 valence electrons. The normalized spacial score (nSPS) is 11.3. The van der Waals surface area contributed by atoms with Gasteiger partial charge in [-0.15, -0.1) is 11.3 Å². The van der Waals surface area contributed by atoms with Crippen LogP contribution >= 0.6 is 27.3 Å². The number of hydrogen-bond donors (Lipinski definition) is 1. The summed E-state index contributed by atoms with van der Waals surface area (Å²) in [6, 6.07) is 5.32. The predicted octanol–water partition coefficient (Wildman–Crippen LogP) is 4.36. The van der Waals surface area contributed by atoms with Gasteiger partial charge in [0.25, 0.3) is 0 Å². The molecule has 0 aliphatic heterocycles. The van der Waals surface area contributed by atoms with Gasteiger partial charge in [0.2, 0.25) is 0 Å². The molecule has 1 N–H and O–H groups in total. The lowest BCUT2D eigenvalue weighted by molar-refractivity contribution is 0.181. The number of rotatable bonds is 6. The van der Waals surface area contributed by atoms with E-state index in [0.717, 1.165) is 10.6 Å². The van der Waals surface area contributed by atoms with Gasteiger partial charge in [-0.3, -0.25) is 0 Å². The first-order valence-corrected chi connectivity index (χ1v) is 8.29. The summed E-state index contributed by atoms with van der Waals surface area (Å²) in [7, 11) is 1.64. The summed E-state index contributed by atoms with van der Waals surface area (Å²) in [6.07, 6.45) is 0. The Morgan fingerprint density at radius 2 is 2.19 bits per heavy atom. The molecule has 0 unspecified atom stereocenters. The minimum Gasteiger partial charge on any atom is -0.378 e. The molecular weight excluding hydrogens is 355 g/mol. The summed E-state index contributed by atoms with van der Waals surface area (Å²) in [5, 5.41) is 4.04. The van der Waals surface area contributed by atoms with Crippen LogP contribution in [-0.2, 0) is 17.9 Å². The number of halogens is 2. The quantitative estimate of drug-likeness (QED) is 0.817. The highest BCUT2D eigenvalue weighted by molar-refractivity contribution is 9.10. The third-order valence-electron chi connectivity index (χ3n) is 2.91. The van der Waals surface area contributed by atoms with Crippen molar-refractivity contribution in [2.45, 2.75) is 33.0 Å². The highest BCUT2D eigenvalue weighted by Crippen LogP contribution is 2.35. The molecule has 2 aromatic rings. The predicted molar refractivity (Wildman–Crippen MR) is 87.9 cm³/mol. The fourth-order valence-electron chi connectivity index (χ4n) is 1.88. The maximum Gasteiger partial charge on any atom is 0.134 e. The molecule has 6 heteroatoms. The first-order valence-electron chi connectivity index (χ1n) is 6.68. The van der Waals surface area contributed by atoms with Gasteiger partial charge in [-0.05, 0) is 28.1 Å². The molecule has 0 spiro atoms. The van der Waals surface area contributed by atoms with E-state index < -0.39 is 0 Å². The van der Waals surface area contributed by atoms with E-state index in [2.05, 4.69) is 40.1 Å². The van der Waals surface area contributed by atoms with Gasteiger partial charge < -0.3 is 10.1 Å². The monoisotopic (exact) mass is 372 g/mol. The molecule has 0 bridgehead atoms. The minimum atomic E-state index is -0.273. The van der Waals surface area contributed by atoms with Crippen molar-refractivity contribution in [1.29, 1.82) is 0 Å². The second-order valence-corrected chi connectivity index (χ2v) is 6.89. The molecule has 21 heavy (non-hydrogen) atoms. The van der Waals surface area contributed by atoms with Crippen molar-refractivity contribution >= 4 is 27.3 Å². The first-order chi connectivity index (χ1) is 10.0. The summed E-state index contributed by atoms with van der Waals surface area (Å²) in [6.45, 7) is 5.31. The van der Waals surface area contributed by atoms with Crippen LogP contribution in [-0.4, -0.2) is 18.1 Å². The van der Waals surface area contributed by atoms with Crippen molar-refractivity contribution in [2.75, 3.05) is 7.11 Å². The topological polar surface area (TPSA) is 34.1 Å². The van der Waals surface area contributed by atoms with Crippen LogP contribution in [0.1, 0.15) is 24.4 Å². The van der Waals surface area contributed by atoms with Gasteiger partial charge in [-0.2, -0.15) is 0 Å². The summed E-state index contributed by atoms with van der Waals surface area (Å²) in [4.78, 5) is 5.63. The highest BCUT2D eigenvalue weighted by Gasteiger charge is 2.17. The lowest BCUT2D eigenvalue weighted by Crippen LogP contribution is -2.21. The van der Waals surface area contributed by atoms with Gasteiger partial charge in [0.15, 0.2) is 0 Å². The van der Waals surface area contributed by atoms with Gasteiger partial charge >= 0.3 is 0 Å². The summed E-state index contributed by atoms with van der Waals surface area (Å²) >= 11 is 4.90. The van der Waals surface area contributed by atoms with Crippen molar-refractivity contribution < 1.29 is 9.13 Å². The highest BCUT2D eigenvalue weighted by atomic mass is 79.9. The average Bonchev–Trinajstić information content (AvgIpc) is 2.79. The Balaban J connectivity index is 2.38. The van der Waals surface area contributed by atoms with Crippen molar-refractivity contribution in [2.24, 2.45) is 0 Å². The molecule has 0 saturated carbocycles. The molecule has 1 aromatic carbocycles. The van der Waals surface area contributed by atoms with E-state index in [0.29, 0.717) is 34.2 Å². The van der Waals surface area contributed by atoms with Gasteiger partial charge in [0, 0.05) is 29.0 Å². The summed E-state index contributed by atoms with van der Waals surface area (Å²) in [5.74, 6) is -0.273. The largest absolute Gasteiger partial charge is 0.378 e. The van der Waals surface area contributed by atoms with Crippen LogP contribution in [0.5, 0.6) is 0 Å². The zero-order valence-electron chi connectivity index (χ0n) is 12.2. The molecule has 3 nitrogen and oxygen atoms in total. The average molecular weight is 373 g/mol. The molecule has 0 aliphatic rings. The van der Waals surface area contributed by atoms with Crippen molar-refractivity contribution in [3.05, 3.63) is 39.1 Å². The lowest BCUT2D eigenvalue weighted by Gasteiger charge is -2.07. The Morgan fingerprint density at radius 3 is 2.81 bits per heavy atom. The van der Waals surface area contributed by atoms with Crippen LogP contribution in [0.15, 0.2) is 22.7 Å².